The molecule has 0 aliphatic heterocycles. The van der Waals surface area contributed by atoms with E-state index in [1.807, 2.05) is 36.4 Å². The maximum Gasteiger partial charge on any atom is 0.189 e. The Morgan fingerprint density at radius 2 is 1.10 bits per heavy atom. The van der Waals surface area contributed by atoms with Gasteiger partial charge in [-0.3, -0.25) is 4.67 Å². The molecular weight excluding hydrogens is 405 g/mol. The topological polar surface area (TPSA) is 58.6 Å². The third-order valence-corrected chi connectivity index (χ3v) is 6.50. The number of para-hydroxylation sites is 2. The molecule has 0 saturated carbocycles. The first-order valence-electron chi connectivity index (χ1n) is 9.73. The van der Waals surface area contributed by atoms with Crippen LogP contribution in [0.2, 0.25) is 0 Å². The van der Waals surface area contributed by atoms with Crippen LogP contribution in [0, 0.1) is 0 Å². The molecule has 0 N–H and O–H groups in total. The van der Waals surface area contributed by atoms with E-state index in [2.05, 4.69) is 30.9 Å². The van der Waals surface area contributed by atoms with Crippen molar-refractivity contribution in [1.29, 1.82) is 0 Å². The lowest BCUT2D eigenvalue weighted by molar-refractivity contribution is -0.00803. The molecule has 0 fully saturated rings. The average molecular weight is 437 g/mol. The fourth-order valence-electron chi connectivity index (χ4n) is 2.68. The van der Waals surface area contributed by atoms with Crippen LogP contribution in [0.25, 0.3) is 0 Å². The van der Waals surface area contributed by atoms with Crippen molar-refractivity contribution in [2.75, 3.05) is 68.3 Å². The quantitative estimate of drug-likeness (QED) is 0.241. The molecule has 0 bridgehead atoms. The second kappa shape index (κ2) is 14.3. The van der Waals surface area contributed by atoms with Gasteiger partial charge in [-0.15, -0.1) is 0 Å². The van der Waals surface area contributed by atoms with E-state index >= 15 is 0 Å². The van der Waals surface area contributed by atoms with Gasteiger partial charge in [-0.25, -0.2) is 0 Å². The molecule has 8 heteroatoms. The Bertz CT molecular complexity index is 673. The van der Waals surface area contributed by atoms with E-state index < -0.39 is 8.07 Å². The summed E-state index contributed by atoms with van der Waals surface area (Å²) < 4.78 is 35.0. The van der Waals surface area contributed by atoms with Crippen molar-refractivity contribution in [2.24, 2.45) is 0 Å². The zero-order valence-corrected chi connectivity index (χ0v) is 19.1. The van der Waals surface area contributed by atoms with Crippen LogP contribution in [0.5, 0.6) is 11.5 Å². The number of rotatable bonds is 15. The Hall–Kier alpha value is -1.73. The van der Waals surface area contributed by atoms with Crippen molar-refractivity contribution < 1.29 is 28.4 Å². The fraction of sp³-hybridized carbons (Fsp3) is 0.455. The summed E-state index contributed by atoms with van der Waals surface area (Å²) >= 11 is 0. The molecule has 2 rings (SSSR count). The highest BCUT2D eigenvalue weighted by Gasteiger charge is 2.24. The molecule has 7 nitrogen and oxygen atoms in total. The van der Waals surface area contributed by atoms with Gasteiger partial charge < -0.3 is 28.4 Å². The molecule has 0 spiro atoms. The van der Waals surface area contributed by atoms with Gasteiger partial charge in [0.2, 0.25) is 0 Å². The first kappa shape index (κ1) is 24.5. The van der Waals surface area contributed by atoms with Crippen molar-refractivity contribution >= 4 is 18.7 Å². The highest BCUT2D eigenvalue weighted by Crippen LogP contribution is 2.41. The lowest BCUT2D eigenvalue weighted by Gasteiger charge is -2.28. The van der Waals surface area contributed by atoms with Gasteiger partial charge in [0.1, 0.15) is 11.5 Å². The van der Waals surface area contributed by atoms with Crippen LogP contribution in [-0.2, 0) is 18.9 Å². The molecule has 0 aliphatic rings. The second-order valence-corrected chi connectivity index (χ2v) is 8.81. The average Bonchev–Trinajstić information content (AvgIpc) is 2.75. The molecule has 166 valence electrons. The minimum atomic E-state index is -0.884. The van der Waals surface area contributed by atoms with Crippen molar-refractivity contribution in [1.82, 2.24) is 4.67 Å². The van der Waals surface area contributed by atoms with Crippen molar-refractivity contribution in [3.05, 3.63) is 48.5 Å². The van der Waals surface area contributed by atoms with Crippen LogP contribution >= 0.6 is 8.07 Å². The molecule has 0 aromatic heterocycles. The first-order chi connectivity index (χ1) is 14.7. The first-order valence-corrected chi connectivity index (χ1v) is 11.0. The number of benzene rings is 2. The van der Waals surface area contributed by atoms with Gasteiger partial charge in [0.15, 0.2) is 13.6 Å². The Kier molecular flexibility index (Phi) is 11.7. The standard InChI is InChI=1S/C22H32NO6P/c1-23(2)30(21-11-7-5-9-19(21)28-17-26-15-13-24-3)22-12-8-6-10-20(22)29-18-27-16-14-25-4/h5-12H,13-18H2,1-4H3. The highest BCUT2D eigenvalue weighted by atomic mass is 31.1. The van der Waals surface area contributed by atoms with Crippen LogP contribution in [0.1, 0.15) is 0 Å². The zero-order chi connectivity index (χ0) is 21.6. The summed E-state index contributed by atoms with van der Waals surface area (Å²) in [6, 6.07) is 16.1. The second-order valence-electron chi connectivity index (χ2n) is 6.42. The van der Waals surface area contributed by atoms with E-state index in [0.29, 0.717) is 26.4 Å². The molecule has 0 unspecified atom stereocenters. The van der Waals surface area contributed by atoms with E-state index in [-0.39, 0.29) is 13.6 Å². The van der Waals surface area contributed by atoms with Gasteiger partial charge in [-0.05, 0) is 38.4 Å². The maximum atomic E-state index is 5.93. The highest BCUT2D eigenvalue weighted by molar-refractivity contribution is 7.71. The molecule has 0 heterocycles. The number of ether oxygens (including phenoxy) is 6. The van der Waals surface area contributed by atoms with Crippen LogP contribution in [0.3, 0.4) is 0 Å². The van der Waals surface area contributed by atoms with Gasteiger partial charge in [0.25, 0.3) is 0 Å². The molecule has 0 aliphatic carbocycles. The predicted molar refractivity (Wildman–Crippen MR) is 119 cm³/mol. The molecule has 0 radical (unpaired) electrons. The summed E-state index contributed by atoms with van der Waals surface area (Å²) in [4.78, 5) is 0. The third kappa shape index (κ3) is 7.84. The van der Waals surface area contributed by atoms with Crippen LogP contribution in [-0.4, -0.2) is 73.0 Å². The smallest absolute Gasteiger partial charge is 0.189 e. The zero-order valence-electron chi connectivity index (χ0n) is 18.2. The lowest BCUT2D eigenvalue weighted by atomic mass is 10.3. The molecule has 30 heavy (non-hydrogen) atoms. The van der Waals surface area contributed by atoms with Gasteiger partial charge in [-0.1, -0.05) is 24.3 Å². The van der Waals surface area contributed by atoms with E-state index in [9.17, 15) is 0 Å². The molecule has 0 amide bonds. The van der Waals surface area contributed by atoms with Gasteiger partial charge in [0.05, 0.1) is 26.4 Å². The van der Waals surface area contributed by atoms with Crippen molar-refractivity contribution in [3.8, 4) is 11.5 Å². The normalized spacial score (nSPS) is 11.3. The fourth-order valence-corrected chi connectivity index (χ4v) is 4.95. The van der Waals surface area contributed by atoms with Gasteiger partial charge >= 0.3 is 0 Å². The lowest BCUT2D eigenvalue weighted by Crippen LogP contribution is -2.26. The number of methoxy groups -OCH3 is 2. The Balaban J connectivity index is 2.18. The van der Waals surface area contributed by atoms with E-state index in [4.69, 9.17) is 28.4 Å². The largest absolute Gasteiger partial charge is 0.467 e. The molecule has 2 aromatic rings. The Morgan fingerprint density at radius 1 is 0.667 bits per heavy atom. The minimum Gasteiger partial charge on any atom is -0.467 e. The summed E-state index contributed by atoms with van der Waals surface area (Å²) in [5, 5.41) is 2.17. The van der Waals surface area contributed by atoms with Crippen molar-refractivity contribution in [3.63, 3.8) is 0 Å². The summed E-state index contributed by atoms with van der Waals surface area (Å²) in [6.45, 7) is 2.38. The SMILES string of the molecule is COCCOCOc1ccccc1P(c1ccccc1OCOCCOC)N(C)C. The van der Waals surface area contributed by atoms with E-state index in [1.165, 1.54) is 0 Å². The van der Waals surface area contributed by atoms with Crippen molar-refractivity contribution in [2.45, 2.75) is 0 Å². The van der Waals surface area contributed by atoms with E-state index in [1.54, 1.807) is 14.2 Å². The Morgan fingerprint density at radius 3 is 1.50 bits per heavy atom. The summed E-state index contributed by atoms with van der Waals surface area (Å²) in [5.41, 5.74) is 0. The summed E-state index contributed by atoms with van der Waals surface area (Å²) in [5.74, 6) is 1.58. The third-order valence-electron chi connectivity index (χ3n) is 4.05. The van der Waals surface area contributed by atoms with Gasteiger partial charge in [-0.2, -0.15) is 0 Å². The van der Waals surface area contributed by atoms with E-state index in [0.717, 1.165) is 22.1 Å². The van der Waals surface area contributed by atoms with Crippen LogP contribution in [0.15, 0.2) is 48.5 Å². The molecular formula is C22H32NO6P. The monoisotopic (exact) mass is 437 g/mol. The molecule has 0 saturated heterocycles. The van der Waals surface area contributed by atoms with Crippen LogP contribution < -0.4 is 20.1 Å². The summed E-state index contributed by atoms with van der Waals surface area (Å²) in [6.07, 6.45) is 0. The van der Waals surface area contributed by atoms with Gasteiger partial charge in [0, 0.05) is 32.9 Å². The van der Waals surface area contributed by atoms with Crippen LogP contribution in [0.4, 0.5) is 0 Å². The maximum absolute atomic E-state index is 5.93. The minimum absolute atomic E-state index is 0.169. The molecule has 2 aromatic carbocycles. The Labute approximate surface area is 180 Å². The predicted octanol–water partition coefficient (Wildman–Crippen LogP) is 2.59. The molecule has 0 atom stereocenters. The number of hydrogen-bond donors (Lipinski definition) is 0. The number of hydrogen-bond acceptors (Lipinski definition) is 7. The number of nitrogens with zero attached hydrogens (tertiary/aromatic N) is 1. The summed E-state index contributed by atoms with van der Waals surface area (Å²) in [7, 11) is 6.52.